The Hall–Kier alpha value is -1.09. The van der Waals surface area contributed by atoms with Crippen LogP contribution >= 0.6 is 0 Å². The molecule has 0 spiro atoms. The van der Waals surface area contributed by atoms with Gasteiger partial charge in [0.15, 0.2) is 0 Å². The topological polar surface area (TPSA) is 28.2 Å². The number of nitrogens with one attached hydrogen (secondary N) is 1. The molecule has 0 bridgehead atoms. The van der Waals surface area contributed by atoms with Crippen LogP contribution in [-0.4, -0.2) is 23.6 Å². The highest BCUT2D eigenvalue weighted by molar-refractivity contribution is 5.40. The van der Waals surface area contributed by atoms with Crippen molar-refractivity contribution in [3.63, 3.8) is 0 Å². The molecule has 1 saturated carbocycles. The van der Waals surface area contributed by atoms with Crippen LogP contribution < -0.4 is 10.2 Å². The summed E-state index contributed by atoms with van der Waals surface area (Å²) in [5, 5.41) is 3.51. The average Bonchev–Trinajstić information content (AvgIpc) is 3.11. The van der Waals surface area contributed by atoms with Crippen LogP contribution in [-0.2, 0) is 6.54 Å². The lowest BCUT2D eigenvalue weighted by atomic mass is 10.3. The van der Waals surface area contributed by atoms with Gasteiger partial charge >= 0.3 is 0 Å². The van der Waals surface area contributed by atoms with Crippen molar-refractivity contribution in [1.82, 2.24) is 10.3 Å². The van der Waals surface area contributed by atoms with E-state index in [9.17, 15) is 0 Å². The molecule has 1 N–H and O–H groups in total. The zero-order valence-electron chi connectivity index (χ0n) is 11.1. The third-order valence-electron chi connectivity index (χ3n) is 3.20. The van der Waals surface area contributed by atoms with Crippen molar-refractivity contribution < 1.29 is 0 Å². The summed E-state index contributed by atoms with van der Waals surface area (Å²) in [6.07, 6.45) is 2.65. The Balaban J connectivity index is 2.03. The molecule has 0 aromatic carbocycles. The van der Waals surface area contributed by atoms with Gasteiger partial charge in [-0.15, -0.1) is 0 Å². The molecular formula is C14H23N3. The predicted octanol–water partition coefficient (Wildman–Crippen LogP) is 2.57. The normalized spacial score (nSPS) is 15.3. The zero-order valence-corrected chi connectivity index (χ0v) is 11.1. The fourth-order valence-corrected chi connectivity index (χ4v) is 2.05. The summed E-state index contributed by atoms with van der Waals surface area (Å²) in [6.45, 7) is 8.50. The average molecular weight is 233 g/mol. The Kier molecular flexibility index (Phi) is 4.00. The van der Waals surface area contributed by atoms with Crippen molar-refractivity contribution in [2.45, 2.75) is 52.2 Å². The number of pyridine rings is 1. The number of nitrogens with zero attached hydrogens (tertiary/aromatic N) is 2. The molecule has 94 valence electrons. The smallest absolute Gasteiger partial charge is 0.129 e. The maximum Gasteiger partial charge on any atom is 0.129 e. The number of hydrogen-bond acceptors (Lipinski definition) is 3. The largest absolute Gasteiger partial charge is 0.354 e. The highest BCUT2D eigenvalue weighted by Gasteiger charge is 2.20. The highest BCUT2D eigenvalue weighted by atomic mass is 15.2. The first-order chi connectivity index (χ1) is 8.20. The minimum Gasteiger partial charge on any atom is -0.354 e. The van der Waals surface area contributed by atoms with E-state index in [1.807, 2.05) is 0 Å². The summed E-state index contributed by atoms with van der Waals surface area (Å²) in [4.78, 5) is 7.05. The van der Waals surface area contributed by atoms with Gasteiger partial charge in [0, 0.05) is 25.2 Å². The molecule has 0 amide bonds. The Bertz CT molecular complexity index is 358. The fraction of sp³-hybridized carbons (Fsp3) is 0.643. The van der Waals surface area contributed by atoms with Crippen molar-refractivity contribution in [3.8, 4) is 0 Å². The molecule has 0 aliphatic heterocycles. The van der Waals surface area contributed by atoms with Gasteiger partial charge in [-0.05, 0) is 45.7 Å². The molecule has 1 aliphatic carbocycles. The van der Waals surface area contributed by atoms with E-state index in [0.29, 0.717) is 6.04 Å². The van der Waals surface area contributed by atoms with Gasteiger partial charge in [0.05, 0.1) is 5.69 Å². The summed E-state index contributed by atoms with van der Waals surface area (Å²) in [5.41, 5.74) is 1.15. The summed E-state index contributed by atoms with van der Waals surface area (Å²) < 4.78 is 0. The number of hydrogen-bond donors (Lipinski definition) is 1. The van der Waals surface area contributed by atoms with Crippen LogP contribution in [0.2, 0.25) is 0 Å². The van der Waals surface area contributed by atoms with E-state index in [0.717, 1.165) is 30.6 Å². The van der Waals surface area contributed by atoms with E-state index in [4.69, 9.17) is 4.98 Å². The van der Waals surface area contributed by atoms with Crippen LogP contribution in [0.25, 0.3) is 0 Å². The van der Waals surface area contributed by atoms with Crippen molar-refractivity contribution >= 4 is 5.82 Å². The van der Waals surface area contributed by atoms with Crippen molar-refractivity contribution in [2.75, 3.05) is 11.4 Å². The SMILES string of the molecule is CCN(c1cccc(CNC2CC2)n1)C(C)C. The third-order valence-corrected chi connectivity index (χ3v) is 3.20. The molecule has 1 fully saturated rings. The first-order valence-corrected chi connectivity index (χ1v) is 6.66. The first-order valence-electron chi connectivity index (χ1n) is 6.66. The molecule has 2 rings (SSSR count). The van der Waals surface area contributed by atoms with Gasteiger partial charge in [0.1, 0.15) is 5.82 Å². The summed E-state index contributed by atoms with van der Waals surface area (Å²) >= 11 is 0. The molecule has 0 unspecified atom stereocenters. The summed E-state index contributed by atoms with van der Waals surface area (Å²) in [5.74, 6) is 1.09. The summed E-state index contributed by atoms with van der Waals surface area (Å²) in [7, 11) is 0. The van der Waals surface area contributed by atoms with E-state index < -0.39 is 0 Å². The highest BCUT2D eigenvalue weighted by Crippen LogP contribution is 2.19. The number of anilines is 1. The minimum atomic E-state index is 0.499. The van der Waals surface area contributed by atoms with Crippen molar-refractivity contribution in [3.05, 3.63) is 23.9 Å². The molecule has 17 heavy (non-hydrogen) atoms. The van der Waals surface area contributed by atoms with Crippen molar-refractivity contribution in [1.29, 1.82) is 0 Å². The van der Waals surface area contributed by atoms with Gasteiger partial charge in [-0.1, -0.05) is 6.07 Å². The first kappa shape index (κ1) is 12.4. The Morgan fingerprint density at radius 1 is 1.41 bits per heavy atom. The Morgan fingerprint density at radius 3 is 2.76 bits per heavy atom. The van der Waals surface area contributed by atoms with E-state index in [-0.39, 0.29) is 0 Å². The van der Waals surface area contributed by atoms with Crippen LogP contribution in [0.4, 0.5) is 5.82 Å². The van der Waals surface area contributed by atoms with Crippen molar-refractivity contribution in [2.24, 2.45) is 0 Å². The molecule has 0 saturated heterocycles. The van der Waals surface area contributed by atoms with E-state index in [1.54, 1.807) is 0 Å². The summed E-state index contributed by atoms with van der Waals surface area (Å²) in [6, 6.07) is 7.56. The second-order valence-corrected chi connectivity index (χ2v) is 5.02. The quantitative estimate of drug-likeness (QED) is 0.818. The van der Waals surface area contributed by atoms with Gasteiger partial charge in [-0.3, -0.25) is 0 Å². The molecule has 1 heterocycles. The molecule has 3 heteroatoms. The fourth-order valence-electron chi connectivity index (χ4n) is 2.05. The van der Waals surface area contributed by atoms with Crippen LogP contribution in [0.15, 0.2) is 18.2 Å². The molecule has 3 nitrogen and oxygen atoms in total. The molecule has 1 aliphatic rings. The lowest BCUT2D eigenvalue weighted by Crippen LogP contribution is -2.31. The van der Waals surface area contributed by atoms with Gasteiger partial charge in [0.2, 0.25) is 0 Å². The Labute approximate surface area is 104 Å². The standard InChI is InChI=1S/C14H23N3/c1-4-17(11(2)3)14-7-5-6-13(16-14)10-15-12-8-9-12/h5-7,11-12,15H,4,8-10H2,1-3H3. The Morgan fingerprint density at radius 2 is 2.18 bits per heavy atom. The maximum atomic E-state index is 4.73. The monoisotopic (exact) mass is 233 g/mol. The van der Waals surface area contributed by atoms with Crippen LogP contribution in [0.1, 0.15) is 39.3 Å². The van der Waals surface area contributed by atoms with Crippen LogP contribution in [0.5, 0.6) is 0 Å². The van der Waals surface area contributed by atoms with E-state index in [1.165, 1.54) is 12.8 Å². The van der Waals surface area contributed by atoms with E-state index >= 15 is 0 Å². The van der Waals surface area contributed by atoms with Gasteiger partial charge in [-0.2, -0.15) is 0 Å². The van der Waals surface area contributed by atoms with Gasteiger partial charge in [0.25, 0.3) is 0 Å². The molecule has 1 aromatic rings. The predicted molar refractivity (Wildman–Crippen MR) is 72.3 cm³/mol. The lowest BCUT2D eigenvalue weighted by molar-refractivity contribution is 0.662. The van der Waals surface area contributed by atoms with E-state index in [2.05, 4.69) is 49.2 Å². The molecule has 1 aromatic heterocycles. The maximum absolute atomic E-state index is 4.73. The van der Waals surface area contributed by atoms with Gasteiger partial charge < -0.3 is 10.2 Å². The molecule has 0 radical (unpaired) electrons. The molecular weight excluding hydrogens is 210 g/mol. The third kappa shape index (κ3) is 3.43. The number of aromatic nitrogens is 1. The lowest BCUT2D eigenvalue weighted by Gasteiger charge is -2.26. The van der Waals surface area contributed by atoms with Crippen LogP contribution in [0.3, 0.4) is 0 Å². The second kappa shape index (κ2) is 5.50. The minimum absolute atomic E-state index is 0.499. The van der Waals surface area contributed by atoms with Gasteiger partial charge in [-0.25, -0.2) is 4.98 Å². The van der Waals surface area contributed by atoms with Crippen LogP contribution in [0, 0.1) is 0 Å². The number of rotatable bonds is 6. The second-order valence-electron chi connectivity index (χ2n) is 5.02. The molecule has 0 atom stereocenters. The zero-order chi connectivity index (χ0) is 12.3.